The molecule has 1 fully saturated rings. The summed E-state index contributed by atoms with van der Waals surface area (Å²) in [6.07, 6.45) is 3.93. The summed E-state index contributed by atoms with van der Waals surface area (Å²) in [5.41, 5.74) is 6.33. The summed E-state index contributed by atoms with van der Waals surface area (Å²) in [7, 11) is 0. The molecular weight excluding hydrogens is 524 g/mol. The molecular formula is C31H30Cl2FNO3. The second-order valence-electron chi connectivity index (χ2n) is 9.91. The number of carbonyl (C=O) groups is 1. The van der Waals surface area contributed by atoms with Crippen molar-refractivity contribution in [2.24, 2.45) is 0 Å². The standard InChI is InChI=1S/C31H30Cl2FNO3/c32-23-9-11-27(29(33)18-23)28-7-2-4-20-16-22(31(36)37)8-10-26(20)30(28)21-5-1-6-24(17-21)38-25-12-15-35(19-25)14-3-13-34/h1,5-6,8-11,16-18,25H,2-4,7,12-15,19H2,(H,36,37)/t25-/m1/s1. The van der Waals surface area contributed by atoms with Crippen LogP contribution in [-0.2, 0) is 6.42 Å². The number of hydrogen-bond donors (Lipinski definition) is 1. The number of ether oxygens (including phenoxy) is 1. The van der Waals surface area contributed by atoms with Crippen LogP contribution in [0, 0.1) is 0 Å². The van der Waals surface area contributed by atoms with Gasteiger partial charge in [0.25, 0.3) is 0 Å². The van der Waals surface area contributed by atoms with E-state index in [4.69, 9.17) is 27.9 Å². The van der Waals surface area contributed by atoms with Gasteiger partial charge in [0, 0.05) is 29.7 Å². The molecule has 5 rings (SSSR count). The highest BCUT2D eigenvalue weighted by Crippen LogP contribution is 2.43. The van der Waals surface area contributed by atoms with Crippen LogP contribution in [0.3, 0.4) is 0 Å². The zero-order valence-electron chi connectivity index (χ0n) is 21.1. The van der Waals surface area contributed by atoms with Crippen molar-refractivity contribution in [2.45, 2.75) is 38.2 Å². The lowest BCUT2D eigenvalue weighted by atomic mass is 9.87. The van der Waals surface area contributed by atoms with E-state index < -0.39 is 5.97 Å². The minimum atomic E-state index is -0.934. The largest absolute Gasteiger partial charge is 0.489 e. The van der Waals surface area contributed by atoms with E-state index >= 15 is 0 Å². The molecule has 7 heteroatoms. The molecule has 0 aromatic heterocycles. The van der Waals surface area contributed by atoms with Gasteiger partial charge in [-0.1, -0.05) is 47.5 Å². The Balaban J connectivity index is 1.57. The number of nitrogens with zero attached hydrogens (tertiary/aromatic N) is 1. The van der Waals surface area contributed by atoms with Crippen molar-refractivity contribution in [1.29, 1.82) is 0 Å². The summed E-state index contributed by atoms with van der Waals surface area (Å²) in [4.78, 5) is 13.9. The summed E-state index contributed by atoms with van der Waals surface area (Å²) < 4.78 is 19.0. The fourth-order valence-corrected chi connectivity index (χ4v) is 6.07. The summed E-state index contributed by atoms with van der Waals surface area (Å²) in [5.74, 6) is -0.155. The Bertz CT molecular complexity index is 1370. The van der Waals surface area contributed by atoms with Crippen molar-refractivity contribution in [3.05, 3.63) is 98.5 Å². The number of hydrogen-bond acceptors (Lipinski definition) is 3. The molecule has 1 aliphatic carbocycles. The fourth-order valence-electron chi connectivity index (χ4n) is 5.55. The molecule has 0 spiro atoms. The maximum Gasteiger partial charge on any atom is 0.335 e. The molecule has 0 bridgehead atoms. The first-order valence-electron chi connectivity index (χ1n) is 13.0. The monoisotopic (exact) mass is 553 g/mol. The zero-order chi connectivity index (χ0) is 26.6. The molecule has 2 aliphatic rings. The van der Waals surface area contributed by atoms with Crippen molar-refractivity contribution in [1.82, 2.24) is 4.90 Å². The van der Waals surface area contributed by atoms with Gasteiger partial charge in [0.05, 0.1) is 12.2 Å². The van der Waals surface area contributed by atoms with E-state index in [1.165, 1.54) is 0 Å². The number of aromatic carboxylic acids is 1. The maximum atomic E-state index is 12.6. The molecule has 1 heterocycles. The lowest BCUT2D eigenvalue weighted by Gasteiger charge is -2.20. The molecule has 0 unspecified atom stereocenters. The Kier molecular flexibility index (Phi) is 8.37. The van der Waals surface area contributed by atoms with Crippen molar-refractivity contribution in [2.75, 3.05) is 26.3 Å². The second-order valence-corrected chi connectivity index (χ2v) is 10.8. The van der Waals surface area contributed by atoms with Gasteiger partial charge in [0.2, 0.25) is 0 Å². The van der Waals surface area contributed by atoms with Gasteiger partial charge < -0.3 is 9.84 Å². The molecule has 198 valence electrons. The summed E-state index contributed by atoms with van der Waals surface area (Å²) in [6, 6.07) is 19.0. The number of fused-ring (bicyclic) bond motifs is 1. The van der Waals surface area contributed by atoms with Crippen molar-refractivity contribution < 1.29 is 19.0 Å². The molecule has 1 N–H and O–H groups in total. The number of rotatable bonds is 8. The van der Waals surface area contributed by atoms with Gasteiger partial charge in [-0.2, -0.15) is 0 Å². The number of aryl methyl sites for hydroxylation is 1. The van der Waals surface area contributed by atoms with Crippen LogP contribution in [0.1, 0.15) is 58.3 Å². The van der Waals surface area contributed by atoms with E-state index in [0.717, 1.165) is 84.5 Å². The number of carboxylic acids is 1. The van der Waals surface area contributed by atoms with E-state index in [0.29, 0.717) is 16.5 Å². The van der Waals surface area contributed by atoms with Gasteiger partial charge >= 0.3 is 5.97 Å². The third-order valence-electron chi connectivity index (χ3n) is 7.32. The Hall–Kier alpha value is -2.86. The highest BCUT2D eigenvalue weighted by Gasteiger charge is 2.25. The lowest BCUT2D eigenvalue weighted by Crippen LogP contribution is -2.26. The first-order valence-corrected chi connectivity index (χ1v) is 13.8. The van der Waals surface area contributed by atoms with Crippen LogP contribution < -0.4 is 4.74 Å². The average Bonchev–Trinajstić information content (AvgIpc) is 3.25. The van der Waals surface area contributed by atoms with Crippen LogP contribution in [0.2, 0.25) is 10.0 Å². The smallest absolute Gasteiger partial charge is 0.335 e. The summed E-state index contributed by atoms with van der Waals surface area (Å²) >= 11 is 12.9. The molecule has 4 nitrogen and oxygen atoms in total. The Morgan fingerprint density at radius 3 is 2.68 bits per heavy atom. The average molecular weight is 554 g/mol. The molecule has 1 aliphatic heterocycles. The van der Waals surface area contributed by atoms with Gasteiger partial charge in [-0.3, -0.25) is 9.29 Å². The number of carboxylic acid groups (broad SMARTS) is 1. The highest BCUT2D eigenvalue weighted by atomic mass is 35.5. The van der Waals surface area contributed by atoms with E-state index in [2.05, 4.69) is 17.0 Å². The van der Waals surface area contributed by atoms with Crippen LogP contribution in [0.5, 0.6) is 5.75 Å². The topological polar surface area (TPSA) is 49.8 Å². The predicted octanol–water partition coefficient (Wildman–Crippen LogP) is 7.80. The number of likely N-dealkylation sites (tertiary alicyclic amines) is 1. The molecule has 1 atom stereocenters. The Morgan fingerprint density at radius 2 is 1.89 bits per heavy atom. The SMILES string of the molecule is O=C(O)c1ccc2c(c1)CCCC(c1ccc(Cl)cc1Cl)=C2c1cccc(O[C@@H]2CCN(CCCF)C2)c1. The van der Waals surface area contributed by atoms with Gasteiger partial charge in [-0.25, -0.2) is 4.79 Å². The fraction of sp³-hybridized carbons (Fsp3) is 0.323. The Labute approximate surface area is 232 Å². The van der Waals surface area contributed by atoms with E-state index in [1.54, 1.807) is 18.2 Å². The minimum absolute atomic E-state index is 0.0589. The van der Waals surface area contributed by atoms with Gasteiger partial charge in [0.15, 0.2) is 0 Å². The van der Waals surface area contributed by atoms with Gasteiger partial charge in [-0.05, 0) is 102 Å². The molecule has 0 amide bonds. The van der Waals surface area contributed by atoms with Crippen LogP contribution >= 0.6 is 23.2 Å². The third kappa shape index (κ3) is 5.90. The third-order valence-corrected chi connectivity index (χ3v) is 7.86. The van der Waals surface area contributed by atoms with E-state index in [1.807, 2.05) is 30.3 Å². The molecule has 0 saturated carbocycles. The first kappa shape index (κ1) is 26.7. The summed E-state index contributed by atoms with van der Waals surface area (Å²) in [6.45, 7) is 2.16. The van der Waals surface area contributed by atoms with Crippen molar-refractivity contribution >= 4 is 40.3 Å². The van der Waals surface area contributed by atoms with Crippen LogP contribution in [0.25, 0.3) is 11.1 Å². The first-order chi connectivity index (χ1) is 18.4. The molecule has 3 aromatic rings. The highest BCUT2D eigenvalue weighted by molar-refractivity contribution is 6.36. The Morgan fingerprint density at radius 1 is 1.05 bits per heavy atom. The van der Waals surface area contributed by atoms with Crippen molar-refractivity contribution in [3.8, 4) is 5.75 Å². The van der Waals surface area contributed by atoms with Crippen molar-refractivity contribution in [3.63, 3.8) is 0 Å². The quantitative estimate of drug-likeness (QED) is 0.309. The van der Waals surface area contributed by atoms with Crippen LogP contribution in [0.15, 0.2) is 60.7 Å². The van der Waals surface area contributed by atoms with Crippen LogP contribution in [0.4, 0.5) is 4.39 Å². The molecule has 3 aromatic carbocycles. The molecule has 1 saturated heterocycles. The minimum Gasteiger partial charge on any atom is -0.489 e. The number of halogens is 3. The summed E-state index contributed by atoms with van der Waals surface area (Å²) in [5, 5.41) is 10.8. The number of benzene rings is 3. The lowest BCUT2D eigenvalue weighted by molar-refractivity contribution is 0.0696. The number of allylic oxidation sites excluding steroid dienone is 1. The predicted molar refractivity (Wildman–Crippen MR) is 151 cm³/mol. The van der Waals surface area contributed by atoms with Crippen LogP contribution in [-0.4, -0.2) is 48.4 Å². The number of alkyl halides is 1. The van der Waals surface area contributed by atoms with Gasteiger partial charge in [0.1, 0.15) is 11.9 Å². The zero-order valence-corrected chi connectivity index (χ0v) is 22.6. The second kappa shape index (κ2) is 11.9. The van der Waals surface area contributed by atoms with E-state index in [9.17, 15) is 14.3 Å². The maximum absolute atomic E-state index is 12.6. The van der Waals surface area contributed by atoms with Gasteiger partial charge in [-0.15, -0.1) is 0 Å². The molecule has 38 heavy (non-hydrogen) atoms. The normalized spacial score (nSPS) is 17.8. The molecule has 0 radical (unpaired) electrons. The van der Waals surface area contributed by atoms with E-state index in [-0.39, 0.29) is 18.3 Å².